The molecule has 1 aliphatic carbocycles. The fraction of sp³-hybridized carbons (Fsp3) is 0.600. The first-order valence-corrected chi connectivity index (χ1v) is 7.87. The molecule has 1 heterocycles. The first-order valence-electron chi connectivity index (χ1n) is 7.11. The van der Waals surface area contributed by atoms with Crippen molar-refractivity contribution in [3.63, 3.8) is 0 Å². The van der Waals surface area contributed by atoms with E-state index in [2.05, 4.69) is 5.32 Å². The Kier molecular flexibility index (Phi) is 3.78. The highest BCUT2D eigenvalue weighted by Crippen LogP contribution is 2.45. The SMILES string of the molecule is O[C@@]12CCCC[C@H]1[C@@H](c1c(Cl)cccc1Cl)[NH2+]CC2. The highest BCUT2D eigenvalue weighted by molar-refractivity contribution is 6.36. The molecular weight excluding hydrogens is 281 g/mol. The standard InChI is InChI=1S/C15H19Cl2NO/c16-11-5-3-6-12(17)13(11)14-10-4-1-2-7-15(10,19)8-9-18-14/h3,5-6,10,14,18-19H,1-2,4,7-9H2/p+1/t10-,14-,15+/m0/s1. The van der Waals surface area contributed by atoms with Crippen LogP contribution in [-0.2, 0) is 0 Å². The zero-order valence-corrected chi connectivity index (χ0v) is 12.4. The Morgan fingerprint density at radius 1 is 1.16 bits per heavy atom. The lowest BCUT2D eigenvalue weighted by Gasteiger charge is -2.46. The molecule has 3 rings (SSSR count). The van der Waals surface area contributed by atoms with Crippen LogP contribution in [0.5, 0.6) is 0 Å². The van der Waals surface area contributed by atoms with E-state index >= 15 is 0 Å². The maximum atomic E-state index is 10.9. The summed E-state index contributed by atoms with van der Waals surface area (Å²) in [5.41, 5.74) is 0.496. The van der Waals surface area contributed by atoms with Gasteiger partial charge in [-0.25, -0.2) is 0 Å². The van der Waals surface area contributed by atoms with Crippen molar-refractivity contribution in [1.29, 1.82) is 0 Å². The van der Waals surface area contributed by atoms with Crippen LogP contribution in [0.4, 0.5) is 0 Å². The van der Waals surface area contributed by atoms with Gasteiger partial charge in [0.1, 0.15) is 6.04 Å². The van der Waals surface area contributed by atoms with Crippen LogP contribution in [0, 0.1) is 5.92 Å². The van der Waals surface area contributed by atoms with E-state index in [1.165, 1.54) is 6.42 Å². The zero-order valence-electron chi connectivity index (χ0n) is 10.9. The summed E-state index contributed by atoms with van der Waals surface area (Å²) in [7, 11) is 0. The Morgan fingerprint density at radius 3 is 2.63 bits per heavy atom. The molecule has 19 heavy (non-hydrogen) atoms. The molecule has 4 heteroatoms. The van der Waals surface area contributed by atoms with Crippen molar-refractivity contribution in [3.8, 4) is 0 Å². The summed E-state index contributed by atoms with van der Waals surface area (Å²) in [5.74, 6) is 0.271. The molecule has 0 aromatic heterocycles. The smallest absolute Gasteiger partial charge is 0.120 e. The van der Waals surface area contributed by atoms with E-state index in [0.29, 0.717) is 0 Å². The maximum absolute atomic E-state index is 10.9. The minimum absolute atomic E-state index is 0.195. The second-order valence-electron chi connectivity index (χ2n) is 5.89. The third-order valence-corrected chi connectivity index (χ3v) is 5.49. The average molecular weight is 301 g/mol. The number of piperidine rings is 1. The number of fused-ring (bicyclic) bond motifs is 1. The second kappa shape index (κ2) is 5.25. The van der Waals surface area contributed by atoms with Gasteiger partial charge in [-0.1, -0.05) is 42.1 Å². The normalized spacial score (nSPS) is 34.9. The fourth-order valence-corrected chi connectivity index (χ4v) is 4.55. The van der Waals surface area contributed by atoms with E-state index in [1.807, 2.05) is 18.2 Å². The van der Waals surface area contributed by atoms with Gasteiger partial charge >= 0.3 is 0 Å². The summed E-state index contributed by atoms with van der Waals surface area (Å²) in [6, 6.07) is 5.87. The summed E-state index contributed by atoms with van der Waals surface area (Å²) in [5, 5.41) is 14.7. The largest absolute Gasteiger partial charge is 0.389 e. The summed E-state index contributed by atoms with van der Waals surface area (Å²) in [6.45, 7) is 0.944. The number of benzene rings is 1. The molecule has 1 saturated heterocycles. The van der Waals surface area contributed by atoms with Crippen LogP contribution >= 0.6 is 23.2 Å². The molecule has 2 aliphatic rings. The molecule has 0 bridgehead atoms. The number of aliphatic hydroxyl groups is 1. The molecule has 1 aliphatic heterocycles. The zero-order chi connectivity index (χ0) is 13.5. The van der Waals surface area contributed by atoms with Gasteiger partial charge in [-0.05, 0) is 25.0 Å². The van der Waals surface area contributed by atoms with Crippen LogP contribution in [-0.4, -0.2) is 17.3 Å². The van der Waals surface area contributed by atoms with E-state index in [1.54, 1.807) is 0 Å². The van der Waals surface area contributed by atoms with Crippen molar-refractivity contribution >= 4 is 23.2 Å². The van der Waals surface area contributed by atoms with E-state index < -0.39 is 5.60 Å². The number of hydrogen-bond acceptors (Lipinski definition) is 1. The summed E-state index contributed by atoms with van der Waals surface area (Å²) in [6.07, 6.45) is 5.20. The van der Waals surface area contributed by atoms with E-state index in [-0.39, 0.29) is 12.0 Å². The number of nitrogens with two attached hydrogens (primary N) is 1. The molecule has 2 nitrogen and oxygen atoms in total. The Bertz CT molecular complexity index is 455. The second-order valence-corrected chi connectivity index (χ2v) is 6.71. The topological polar surface area (TPSA) is 36.8 Å². The third kappa shape index (κ3) is 2.40. The summed E-state index contributed by atoms with van der Waals surface area (Å²) >= 11 is 12.7. The lowest BCUT2D eigenvalue weighted by atomic mass is 9.67. The predicted molar refractivity (Wildman–Crippen MR) is 77.5 cm³/mol. The van der Waals surface area contributed by atoms with Crippen molar-refractivity contribution in [3.05, 3.63) is 33.8 Å². The van der Waals surface area contributed by atoms with Gasteiger partial charge in [0.2, 0.25) is 0 Å². The number of rotatable bonds is 1. The van der Waals surface area contributed by atoms with Gasteiger partial charge in [-0.2, -0.15) is 0 Å². The van der Waals surface area contributed by atoms with Gasteiger partial charge < -0.3 is 10.4 Å². The minimum Gasteiger partial charge on any atom is -0.389 e. The molecule has 2 fully saturated rings. The van der Waals surface area contributed by atoms with Gasteiger partial charge in [0.15, 0.2) is 0 Å². The van der Waals surface area contributed by atoms with Gasteiger partial charge in [0, 0.05) is 17.9 Å². The van der Waals surface area contributed by atoms with Crippen molar-refractivity contribution in [1.82, 2.24) is 0 Å². The molecule has 1 aromatic rings. The molecule has 104 valence electrons. The third-order valence-electron chi connectivity index (χ3n) is 4.83. The minimum atomic E-state index is -0.514. The molecular formula is C15H20Cl2NO+. The Morgan fingerprint density at radius 2 is 1.89 bits per heavy atom. The molecule has 1 saturated carbocycles. The monoisotopic (exact) mass is 300 g/mol. The van der Waals surface area contributed by atoms with Crippen LogP contribution < -0.4 is 5.32 Å². The molecule has 0 radical (unpaired) electrons. The highest BCUT2D eigenvalue weighted by Gasteiger charge is 2.49. The van der Waals surface area contributed by atoms with Crippen molar-refractivity contribution < 1.29 is 10.4 Å². The molecule has 3 atom stereocenters. The van der Waals surface area contributed by atoms with Gasteiger partial charge in [0.25, 0.3) is 0 Å². The fourth-order valence-electron chi connectivity index (χ4n) is 3.90. The van der Waals surface area contributed by atoms with Crippen LogP contribution in [0.15, 0.2) is 18.2 Å². The number of quaternary nitrogens is 1. The average Bonchev–Trinajstić information content (AvgIpc) is 2.38. The lowest BCUT2D eigenvalue weighted by Crippen LogP contribution is -2.91. The van der Waals surface area contributed by atoms with Crippen molar-refractivity contribution in [2.45, 2.75) is 43.7 Å². The molecule has 3 N–H and O–H groups in total. The predicted octanol–water partition coefficient (Wildman–Crippen LogP) is 2.92. The van der Waals surface area contributed by atoms with E-state index in [0.717, 1.165) is 47.8 Å². The lowest BCUT2D eigenvalue weighted by molar-refractivity contribution is -0.719. The molecule has 0 spiro atoms. The van der Waals surface area contributed by atoms with Crippen molar-refractivity contribution in [2.24, 2.45) is 5.92 Å². The first kappa shape index (κ1) is 13.7. The van der Waals surface area contributed by atoms with E-state index in [9.17, 15) is 5.11 Å². The van der Waals surface area contributed by atoms with Crippen LogP contribution in [0.1, 0.15) is 43.7 Å². The summed E-state index contributed by atoms with van der Waals surface area (Å²) in [4.78, 5) is 0. The van der Waals surface area contributed by atoms with Crippen LogP contribution in [0.2, 0.25) is 10.0 Å². The van der Waals surface area contributed by atoms with Crippen LogP contribution in [0.3, 0.4) is 0 Å². The van der Waals surface area contributed by atoms with Gasteiger partial charge in [-0.3, -0.25) is 0 Å². The summed E-state index contributed by atoms with van der Waals surface area (Å²) < 4.78 is 0. The van der Waals surface area contributed by atoms with Gasteiger partial charge in [-0.15, -0.1) is 0 Å². The molecule has 0 unspecified atom stereocenters. The molecule has 1 aromatic carbocycles. The van der Waals surface area contributed by atoms with Gasteiger partial charge in [0.05, 0.1) is 22.2 Å². The number of hydrogen-bond donors (Lipinski definition) is 2. The van der Waals surface area contributed by atoms with Crippen molar-refractivity contribution in [2.75, 3.05) is 6.54 Å². The van der Waals surface area contributed by atoms with E-state index in [4.69, 9.17) is 23.2 Å². The Hall–Kier alpha value is -0.280. The number of halogens is 2. The Balaban J connectivity index is 1.99. The quantitative estimate of drug-likeness (QED) is 0.822. The molecule has 0 amide bonds. The highest BCUT2D eigenvalue weighted by atomic mass is 35.5. The van der Waals surface area contributed by atoms with Crippen LogP contribution in [0.25, 0.3) is 0 Å². The Labute approximate surface area is 124 Å². The first-order chi connectivity index (χ1) is 9.12. The maximum Gasteiger partial charge on any atom is 0.120 e.